The van der Waals surface area contributed by atoms with Crippen molar-refractivity contribution in [1.29, 1.82) is 0 Å². The molecule has 0 aliphatic heterocycles. The average Bonchev–Trinajstić information content (AvgIpc) is 3.07. The summed E-state index contributed by atoms with van der Waals surface area (Å²) in [5.74, 6) is 0.981. The van der Waals surface area contributed by atoms with Crippen LogP contribution in [0.5, 0.6) is 0 Å². The van der Waals surface area contributed by atoms with Gasteiger partial charge in [0, 0.05) is 34.4 Å². The van der Waals surface area contributed by atoms with Crippen LogP contribution in [0.15, 0.2) is 57.6 Å². The Morgan fingerprint density at radius 3 is 2.81 bits per heavy atom. The van der Waals surface area contributed by atoms with Gasteiger partial charge in [0.25, 0.3) is 0 Å². The molecule has 2 aromatic carbocycles. The first-order chi connectivity index (χ1) is 12.5. The summed E-state index contributed by atoms with van der Waals surface area (Å²) in [6.07, 6.45) is 2.31. The van der Waals surface area contributed by atoms with E-state index < -0.39 is 0 Å². The fourth-order valence-corrected chi connectivity index (χ4v) is 3.34. The minimum Gasteiger partial charge on any atom is -0.441 e. The lowest BCUT2D eigenvalue weighted by atomic mass is 10.2. The quantitative estimate of drug-likeness (QED) is 0.523. The van der Waals surface area contributed by atoms with Crippen molar-refractivity contribution in [2.45, 2.75) is 19.4 Å². The first-order valence-electron chi connectivity index (χ1n) is 7.92. The standard InChI is InChI=1S/C19H15BrCl2N2O2/c20-13-3-1-2-12(8-13)10-23-18(25)6-7-19-24-11-17(26-19)15-5-4-14(21)9-16(15)22/h1-5,8-9,11H,6-7,10H2,(H,23,25). The number of rotatable bonds is 6. The summed E-state index contributed by atoms with van der Waals surface area (Å²) in [6.45, 7) is 0.482. The van der Waals surface area contributed by atoms with Gasteiger partial charge in [-0.1, -0.05) is 51.3 Å². The van der Waals surface area contributed by atoms with Crippen LogP contribution < -0.4 is 5.32 Å². The summed E-state index contributed by atoms with van der Waals surface area (Å²) in [6, 6.07) is 13.0. The van der Waals surface area contributed by atoms with Gasteiger partial charge in [0.15, 0.2) is 11.7 Å². The largest absolute Gasteiger partial charge is 0.441 e. The number of aryl methyl sites for hydroxylation is 1. The molecule has 1 amide bonds. The predicted octanol–water partition coefficient (Wildman–Crippen LogP) is 5.66. The van der Waals surface area contributed by atoms with Crippen LogP contribution in [0.4, 0.5) is 0 Å². The molecule has 134 valence electrons. The summed E-state index contributed by atoms with van der Waals surface area (Å²) < 4.78 is 6.68. The van der Waals surface area contributed by atoms with Crippen molar-refractivity contribution in [3.8, 4) is 11.3 Å². The maximum absolute atomic E-state index is 12.0. The van der Waals surface area contributed by atoms with E-state index in [-0.39, 0.29) is 5.91 Å². The fourth-order valence-electron chi connectivity index (χ4n) is 2.40. The number of carbonyl (C=O) groups is 1. The second kappa shape index (κ2) is 8.71. The second-order valence-electron chi connectivity index (χ2n) is 5.65. The number of hydrogen-bond donors (Lipinski definition) is 1. The average molecular weight is 454 g/mol. The van der Waals surface area contributed by atoms with Gasteiger partial charge >= 0.3 is 0 Å². The molecular formula is C19H15BrCl2N2O2. The van der Waals surface area contributed by atoms with Crippen molar-refractivity contribution < 1.29 is 9.21 Å². The number of halogens is 3. The number of hydrogen-bond acceptors (Lipinski definition) is 3. The molecule has 0 bridgehead atoms. The highest BCUT2D eigenvalue weighted by atomic mass is 79.9. The van der Waals surface area contributed by atoms with E-state index in [0.717, 1.165) is 10.0 Å². The Hall–Kier alpha value is -1.82. The molecule has 0 spiro atoms. The highest BCUT2D eigenvalue weighted by Gasteiger charge is 2.12. The summed E-state index contributed by atoms with van der Waals surface area (Å²) in [5.41, 5.74) is 1.75. The molecule has 0 aliphatic carbocycles. The van der Waals surface area contributed by atoms with E-state index in [2.05, 4.69) is 26.2 Å². The molecule has 1 heterocycles. The smallest absolute Gasteiger partial charge is 0.220 e. The molecule has 0 fully saturated rings. The van der Waals surface area contributed by atoms with Crippen molar-refractivity contribution in [3.63, 3.8) is 0 Å². The van der Waals surface area contributed by atoms with Gasteiger partial charge in [-0.25, -0.2) is 4.98 Å². The maximum Gasteiger partial charge on any atom is 0.220 e. The van der Waals surface area contributed by atoms with E-state index in [1.54, 1.807) is 24.4 Å². The van der Waals surface area contributed by atoms with Gasteiger partial charge < -0.3 is 9.73 Å². The summed E-state index contributed by atoms with van der Waals surface area (Å²) in [5, 5.41) is 3.93. The molecular weight excluding hydrogens is 439 g/mol. The van der Waals surface area contributed by atoms with Gasteiger partial charge in [0.05, 0.1) is 11.2 Å². The number of nitrogens with one attached hydrogen (secondary N) is 1. The van der Waals surface area contributed by atoms with Crippen LogP contribution in [0.3, 0.4) is 0 Å². The van der Waals surface area contributed by atoms with Gasteiger partial charge in [-0.2, -0.15) is 0 Å². The van der Waals surface area contributed by atoms with Crippen molar-refractivity contribution >= 4 is 45.0 Å². The molecule has 26 heavy (non-hydrogen) atoms. The summed E-state index contributed by atoms with van der Waals surface area (Å²) >= 11 is 15.5. The van der Waals surface area contributed by atoms with Gasteiger partial charge in [-0.3, -0.25) is 4.79 Å². The summed E-state index contributed by atoms with van der Waals surface area (Å²) in [4.78, 5) is 16.2. The van der Waals surface area contributed by atoms with Crippen molar-refractivity contribution in [2.24, 2.45) is 0 Å². The van der Waals surface area contributed by atoms with E-state index in [1.165, 1.54) is 0 Å². The van der Waals surface area contributed by atoms with Crippen molar-refractivity contribution in [2.75, 3.05) is 0 Å². The zero-order chi connectivity index (χ0) is 18.5. The zero-order valence-electron chi connectivity index (χ0n) is 13.6. The van der Waals surface area contributed by atoms with E-state index in [1.807, 2.05) is 24.3 Å². The molecule has 3 aromatic rings. The molecule has 3 rings (SSSR count). The molecule has 0 radical (unpaired) electrons. The maximum atomic E-state index is 12.0. The van der Waals surface area contributed by atoms with E-state index in [9.17, 15) is 4.79 Å². The number of oxazole rings is 1. The molecule has 4 nitrogen and oxygen atoms in total. The van der Waals surface area contributed by atoms with Crippen LogP contribution >= 0.6 is 39.1 Å². The van der Waals surface area contributed by atoms with Crippen LogP contribution in [0, 0.1) is 0 Å². The molecule has 0 saturated carbocycles. The number of nitrogens with zero attached hydrogens (tertiary/aromatic N) is 1. The first kappa shape index (κ1) is 19.0. The molecule has 1 N–H and O–H groups in total. The third-order valence-corrected chi connectivity index (χ3v) is 4.74. The van der Waals surface area contributed by atoms with E-state index in [4.69, 9.17) is 27.6 Å². The minimum absolute atomic E-state index is 0.0609. The lowest BCUT2D eigenvalue weighted by molar-refractivity contribution is -0.121. The van der Waals surface area contributed by atoms with Crippen molar-refractivity contribution in [3.05, 3.63) is 74.6 Å². The third kappa shape index (κ3) is 5.10. The number of benzene rings is 2. The zero-order valence-corrected chi connectivity index (χ0v) is 16.7. The van der Waals surface area contributed by atoms with Gasteiger partial charge in [0.1, 0.15) is 0 Å². The predicted molar refractivity (Wildman–Crippen MR) is 106 cm³/mol. The van der Waals surface area contributed by atoms with Crippen LogP contribution in [0.2, 0.25) is 10.0 Å². The number of aromatic nitrogens is 1. The van der Waals surface area contributed by atoms with Gasteiger partial charge in [-0.05, 0) is 35.9 Å². The number of amides is 1. The van der Waals surface area contributed by atoms with Crippen LogP contribution in [-0.2, 0) is 17.8 Å². The number of carbonyl (C=O) groups excluding carboxylic acids is 1. The molecule has 1 aromatic heterocycles. The Kier molecular flexibility index (Phi) is 6.35. The summed E-state index contributed by atoms with van der Waals surface area (Å²) in [7, 11) is 0. The van der Waals surface area contributed by atoms with E-state index in [0.29, 0.717) is 46.6 Å². The third-order valence-electron chi connectivity index (χ3n) is 3.69. The second-order valence-corrected chi connectivity index (χ2v) is 7.41. The lowest BCUT2D eigenvalue weighted by Gasteiger charge is -2.05. The Labute approximate surface area is 169 Å². The lowest BCUT2D eigenvalue weighted by Crippen LogP contribution is -2.23. The van der Waals surface area contributed by atoms with E-state index >= 15 is 0 Å². The Morgan fingerprint density at radius 1 is 1.19 bits per heavy atom. The Bertz CT molecular complexity index is 927. The Morgan fingerprint density at radius 2 is 2.04 bits per heavy atom. The fraction of sp³-hybridized carbons (Fsp3) is 0.158. The topological polar surface area (TPSA) is 55.1 Å². The highest BCUT2D eigenvalue weighted by Crippen LogP contribution is 2.30. The highest BCUT2D eigenvalue weighted by molar-refractivity contribution is 9.10. The monoisotopic (exact) mass is 452 g/mol. The SMILES string of the molecule is O=C(CCc1ncc(-c2ccc(Cl)cc2Cl)o1)NCc1cccc(Br)c1. The van der Waals surface area contributed by atoms with Crippen LogP contribution in [0.1, 0.15) is 17.9 Å². The normalized spacial score (nSPS) is 10.7. The van der Waals surface area contributed by atoms with Crippen LogP contribution in [0.25, 0.3) is 11.3 Å². The van der Waals surface area contributed by atoms with Gasteiger partial charge in [0.2, 0.25) is 5.91 Å². The molecule has 0 unspecified atom stereocenters. The molecule has 0 saturated heterocycles. The molecule has 0 atom stereocenters. The Balaban J connectivity index is 1.53. The molecule has 0 aliphatic rings. The van der Waals surface area contributed by atoms with Crippen molar-refractivity contribution in [1.82, 2.24) is 10.3 Å². The minimum atomic E-state index is -0.0609. The molecule has 7 heteroatoms. The van der Waals surface area contributed by atoms with Crippen LogP contribution in [-0.4, -0.2) is 10.9 Å². The van der Waals surface area contributed by atoms with Gasteiger partial charge in [-0.15, -0.1) is 0 Å². The first-order valence-corrected chi connectivity index (χ1v) is 9.47.